The van der Waals surface area contributed by atoms with Gasteiger partial charge in [0.15, 0.2) is 0 Å². The molecule has 1 fully saturated rings. The normalized spacial score (nSPS) is 17.4. The van der Waals surface area contributed by atoms with E-state index in [0.29, 0.717) is 11.1 Å². The molecule has 0 bridgehead atoms. The first-order chi connectivity index (χ1) is 11.4. The largest absolute Gasteiger partial charge is 0.383 e. The van der Waals surface area contributed by atoms with Crippen LogP contribution in [0.15, 0.2) is 54.6 Å². The zero-order valence-corrected chi connectivity index (χ0v) is 14.0. The average Bonchev–Trinajstić information content (AvgIpc) is 3.38. The lowest BCUT2D eigenvalue weighted by Crippen LogP contribution is -2.42. The lowest BCUT2D eigenvalue weighted by molar-refractivity contribution is 0.0185. The Hall–Kier alpha value is -1.76. The summed E-state index contributed by atoms with van der Waals surface area (Å²) in [7, 11) is -3.67. The molecule has 2 N–H and O–H groups in total. The molecule has 0 spiro atoms. The predicted octanol–water partition coefficient (Wildman–Crippen LogP) is 2.54. The Labute approximate surface area is 141 Å². The molecule has 0 heterocycles. The second kappa shape index (κ2) is 6.63. The first-order valence-corrected chi connectivity index (χ1v) is 9.54. The second-order valence-corrected chi connectivity index (χ2v) is 8.08. The van der Waals surface area contributed by atoms with E-state index in [9.17, 15) is 17.9 Å². The summed E-state index contributed by atoms with van der Waals surface area (Å²) in [5.74, 6) is -0.737. The summed E-state index contributed by atoms with van der Waals surface area (Å²) in [5, 5.41) is 11.0. The van der Waals surface area contributed by atoms with Crippen LogP contribution >= 0.6 is 0 Å². The monoisotopic (exact) mass is 349 g/mol. The number of aliphatic hydroxyl groups is 1. The maximum Gasteiger partial charge on any atom is 0.215 e. The van der Waals surface area contributed by atoms with Crippen molar-refractivity contribution >= 4 is 10.0 Å². The number of benzene rings is 2. The van der Waals surface area contributed by atoms with Gasteiger partial charge in [-0.25, -0.2) is 17.5 Å². The van der Waals surface area contributed by atoms with Crippen LogP contribution in [0.5, 0.6) is 0 Å². The maximum absolute atomic E-state index is 13.2. The van der Waals surface area contributed by atoms with Gasteiger partial charge in [0.05, 0.1) is 5.75 Å². The Morgan fingerprint density at radius 2 is 1.83 bits per heavy atom. The van der Waals surface area contributed by atoms with Crippen LogP contribution in [0.25, 0.3) is 0 Å². The highest BCUT2D eigenvalue weighted by Gasteiger charge is 2.45. The highest BCUT2D eigenvalue weighted by atomic mass is 32.2. The van der Waals surface area contributed by atoms with Crippen molar-refractivity contribution in [2.45, 2.75) is 24.2 Å². The van der Waals surface area contributed by atoms with Crippen molar-refractivity contribution in [1.29, 1.82) is 0 Å². The van der Waals surface area contributed by atoms with Crippen molar-refractivity contribution in [3.8, 4) is 0 Å². The Balaban J connectivity index is 1.72. The van der Waals surface area contributed by atoms with Gasteiger partial charge in [-0.05, 0) is 42.0 Å². The Morgan fingerprint density at radius 1 is 1.12 bits per heavy atom. The molecular formula is C18H20FNO3S. The smallest absolute Gasteiger partial charge is 0.215 e. The number of sulfonamides is 1. The topological polar surface area (TPSA) is 66.4 Å². The molecule has 0 saturated heterocycles. The van der Waals surface area contributed by atoms with Gasteiger partial charge in [0.1, 0.15) is 11.4 Å². The summed E-state index contributed by atoms with van der Waals surface area (Å²) in [6.07, 6.45) is 1.74. The lowest BCUT2D eigenvalue weighted by atomic mass is 9.89. The van der Waals surface area contributed by atoms with E-state index in [2.05, 4.69) is 4.72 Å². The number of halogens is 1. The fourth-order valence-electron chi connectivity index (χ4n) is 2.89. The third kappa shape index (κ3) is 4.01. The highest BCUT2D eigenvalue weighted by Crippen LogP contribution is 2.45. The minimum absolute atomic E-state index is 0.0526. The van der Waals surface area contributed by atoms with Crippen molar-refractivity contribution in [1.82, 2.24) is 4.72 Å². The summed E-state index contributed by atoms with van der Waals surface area (Å²) >= 11 is 0. The Kier molecular flexibility index (Phi) is 4.71. The SMILES string of the molecule is O=S(=O)(Cc1cccc(F)c1)NC[C@](O)(c1ccccc1)C1CC1. The van der Waals surface area contributed by atoms with Crippen LogP contribution in [-0.4, -0.2) is 20.1 Å². The van der Waals surface area contributed by atoms with Crippen molar-refractivity contribution in [3.63, 3.8) is 0 Å². The zero-order chi connectivity index (χ0) is 17.2. The number of nitrogens with one attached hydrogen (secondary N) is 1. The van der Waals surface area contributed by atoms with Crippen LogP contribution in [0.2, 0.25) is 0 Å². The fraction of sp³-hybridized carbons (Fsp3) is 0.333. The molecule has 2 aromatic rings. The van der Waals surface area contributed by atoms with Crippen LogP contribution in [0.4, 0.5) is 4.39 Å². The average molecular weight is 349 g/mol. The van der Waals surface area contributed by atoms with E-state index < -0.39 is 21.4 Å². The van der Waals surface area contributed by atoms with Crippen molar-refractivity contribution in [3.05, 3.63) is 71.5 Å². The van der Waals surface area contributed by atoms with Crippen molar-refractivity contribution in [2.75, 3.05) is 6.54 Å². The molecule has 1 saturated carbocycles. The summed E-state index contributed by atoms with van der Waals surface area (Å²) in [5.41, 5.74) is -0.130. The van der Waals surface area contributed by atoms with E-state index in [4.69, 9.17) is 0 Å². The summed E-state index contributed by atoms with van der Waals surface area (Å²) in [6.45, 7) is -0.0840. The first kappa shape index (κ1) is 17.1. The summed E-state index contributed by atoms with van der Waals surface area (Å²) in [4.78, 5) is 0. The minimum Gasteiger partial charge on any atom is -0.383 e. The molecule has 0 aliphatic heterocycles. The van der Waals surface area contributed by atoms with Crippen LogP contribution < -0.4 is 4.72 Å². The second-order valence-electron chi connectivity index (χ2n) is 6.27. The van der Waals surface area contributed by atoms with E-state index in [-0.39, 0.29) is 18.2 Å². The van der Waals surface area contributed by atoms with Crippen molar-refractivity contribution < 1.29 is 17.9 Å². The Bertz CT molecular complexity index is 806. The van der Waals surface area contributed by atoms with Gasteiger partial charge in [0.25, 0.3) is 0 Å². The molecule has 4 nitrogen and oxygen atoms in total. The van der Waals surface area contributed by atoms with Gasteiger partial charge in [0, 0.05) is 6.54 Å². The molecule has 3 rings (SSSR count). The third-order valence-electron chi connectivity index (χ3n) is 4.33. The van der Waals surface area contributed by atoms with E-state index in [1.54, 1.807) is 18.2 Å². The quantitative estimate of drug-likeness (QED) is 0.807. The van der Waals surface area contributed by atoms with E-state index >= 15 is 0 Å². The minimum atomic E-state index is -3.67. The molecule has 2 aromatic carbocycles. The van der Waals surface area contributed by atoms with Gasteiger partial charge in [-0.15, -0.1) is 0 Å². The third-order valence-corrected chi connectivity index (χ3v) is 5.63. The van der Waals surface area contributed by atoms with Crippen LogP contribution in [0, 0.1) is 11.7 Å². The van der Waals surface area contributed by atoms with Gasteiger partial charge in [0.2, 0.25) is 10.0 Å². The Morgan fingerprint density at radius 3 is 2.46 bits per heavy atom. The molecule has 6 heteroatoms. The number of rotatable bonds is 7. The fourth-order valence-corrected chi connectivity index (χ4v) is 4.05. The zero-order valence-electron chi connectivity index (χ0n) is 13.2. The van der Waals surface area contributed by atoms with Crippen molar-refractivity contribution in [2.24, 2.45) is 5.92 Å². The van der Waals surface area contributed by atoms with Crippen LogP contribution in [0.1, 0.15) is 24.0 Å². The summed E-state index contributed by atoms with van der Waals surface area (Å²) in [6, 6.07) is 14.6. The molecule has 128 valence electrons. The molecule has 0 unspecified atom stereocenters. The van der Waals surface area contributed by atoms with E-state index in [0.717, 1.165) is 12.8 Å². The molecule has 0 amide bonds. The van der Waals surface area contributed by atoms with Gasteiger partial charge in [-0.2, -0.15) is 0 Å². The maximum atomic E-state index is 13.2. The number of hydrogen-bond acceptors (Lipinski definition) is 3. The molecule has 1 aliphatic carbocycles. The molecule has 0 aromatic heterocycles. The standard InChI is InChI=1S/C18H20FNO3S/c19-17-8-4-5-14(11-17)12-24(22,23)20-13-18(21,16-9-10-16)15-6-2-1-3-7-15/h1-8,11,16,20-21H,9-10,12-13H2/t18-/m0/s1. The molecule has 24 heavy (non-hydrogen) atoms. The van der Waals surface area contributed by atoms with Gasteiger partial charge in [-0.1, -0.05) is 42.5 Å². The first-order valence-electron chi connectivity index (χ1n) is 7.89. The van der Waals surface area contributed by atoms with E-state index in [1.165, 1.54) is 18.2 Å². The van der Waals surface area contributed by atoms with Gasteiger partial charge < -0.3 is 5.11 Å². The predicted molar refractivity (Wildman–Crippen MR) is 90.1 cm³/mol. The lowest BCUT2D eigenvalue weighted by Gasteiger charge is -2.29. The summed E-state index contributed by atoms with van der Waals surface area (Å²) < 4.78 is 40.3. The van der Waals surface area contributed by atoms with Gasteiger partial charge in [-0.3, -0.25) is 0 Å². The molecule has 0 radical (unpaired) electrons. The highest BCUT2D eigenvalue weighted by molar-refractivity contribution is 7.88. The molecule has 1 aliphatic rings. The van der Waals surface area contributed by atoms with Crippen LogP contribution in [0.3, 0.4) is 0 Å². The number of hydrogen-bond donors (Lipinski definition) is 2. The van der Waals surface area contributed by atoms with E-state index in [1.807, 2.05) is 18.2 Å². The van der Waals surface area contributed by atoms with Crippen LogP contribution in [-0.2, 0) is 21.4 Å². The molecular weight excluding hydrogens is 329 g/mol. The van der Waals surface area contributed by atoms with Gasteiger partial charge >= 0.3 is 0 Å². The molecule has 1 atom stereocenters.